The van der Waals surface area contributed by atoms with Crippen molar-refractivity contribution >= 4 is 23.4 Å². The van der Waals surface area contributed by atoms with Gasteiger partial charge in [0, 0.05) is 11.1 Å². The van der Waals surface area contributed by atoms with Gasteiger partial charge < -0.3 is 5.11 Å². The molecule has 2 aromatic rings. The summed E-state index contributed by atoms with van der Waals surface area (Å²) in [5.41, 5.74) is 0.865. The van der Waals surface area contributed by atoms with Crippen LogP contribution in [0.15, 0.2) is 30.3 Å². The van der Waals surface area contributed by atoms with E-state index in [4.69, 9.17) is 11.6 Å². The largest absolute Gasteiger partial charge is 0.508 e. The van der Waals surface area contributed by atoms with Gasteiger partial charge in [-0.25, -0.2) is 4.39 Å². The molecule has 2 amide bonds. The smallest absolute Gasteiger partial charge is 0.262 e. The number of nitrogens with zero attached hydrogens (tertiary/aromatic N) is 1. The van der Waals surface area contributed by atoms with Gasteiger partial charge in [0.05, 0.1) is 22.7 Å². The molecule has 3 rings (SSSR count). The van der Waals surface area contributed by atoms with Gasteiger partial charge in [0.1, 0.15) is 11.6 Å². The van der Waals surface area contributed by atoms with Gasteiger partial charge in [-0.3, -0.25) is 14.5 Å². The molecule has 1 N–H and O–H groups in total. The van der Waals surface area contributed by atoms with E-state index >= 15 is 0 Å². The third-order valence-electron chi connectivity index (χ3n) is 3.73. The van der Waals surface area contributed by atoms with Crippen molar-refractivity contribution in [2.45, 2.75) is 13.5 Å². The number of phenolic OH excluding ortho intramolecular Hbond substituents is 1. The van der Waals surface area contributed by atoms with Crippen molar-refractivity contribution in [2.75, 3.05) is 0 Å². The number of hydrogen-bond donors (Lipinski definition) is 1. The Labute approximate surface area is 130 Å². The Hall–Kier alpha value is -2.40. The first-order valence-electron chi connectivity index (χ1n) is 6.53. The predicted octanol–water partition coefficient (Wildman–Crippen LogP) is 3.29. The van der Waals surface area contributed by atoms with E-state index < -0.39 is 17.6 Å². The molecule has 0 atom stereocenters. The first kappa shape index (κ1) is 14.5. The standard InChI is InChI=1S/C16H11ClFNO3/c1-8-12(20)6-5-10-13(8)16(22)19(15(10)21)7-9-3-2-4-11(17)14(9)18/h2-6,20H,7H2,1H3. The van der Waals surface area contributed by atoms with E-state index in [2.05, 4.69) is 0 Å². The predicted molar refractivity (Wildman–Crippen MR) is 78.5 cm³/mol. The summed E-state index contributed by atoms with van der Waals surface area (Å²) < 4.78 is 14.0. The van der Waals surface area contributed by atoms with Crippen molar-refractivity contribution < 1.29 is 19.1 Å². The number of hydrogen-bond acceptors (Lipinski definition) is 3. The zero-order valence-electron chi connectivity index (χ0n) is 11.6. The van der Waals surface area contributed by atoms with Crippen molar-refractivity contribution in [3.8, 4) is 5.75 Å². The fourth-order valence-electron chi connectivity index (χ4n) is 2.51. The molecule has 4 nitrogen and oxygen atoms in total. The number of halogens is 2. The highest BCUT2D eigenvalue weighted by molar-refractivity contribution is 6.30. The van der Waals surface area contributed by atoms with E-state index in [0.717, 1.165) is 4.90 Å². The number of fused-ring (bicyclic) bond motifs is 1. The van der Waals surface area contributed by atoms with Crippen LogP contribution in [0.4, 0.5) is 4.39 Å². The van der Waals surface area contributed by atoms with Gasteiger partial charge in [-0.2, -0.15) is 0 Å². The molecule has 112 valence electrons. The van der Waals surface area contributed by atoms with Crippen molar-refractivity contribution in [2.24, 2.45) is 0 Å². The van der Waals surface area contributed by atoms with E-state index in [1.165, 1.54) is 24.3 Å². The number of carbonyl (C=O) groups is 2. The second-order valence-corrected chi connectivity index (χ2v) is 5.45. The highest BCUT2D eigenvalue weighted by Gasteiger charge is 2.37. The van der Waals surface area contributed by atoms with Crippen molar-refractivity contribution in [1.29, 1.82) is 0 Å². The maximum atomic E-state index is 14.0. The molecule has 1 heterocycles. The van der Waals surface area contributed by atoms with Crippen LogP contribution in [0.3, 0.4) is 0 Å². The zero-order chi connectivity index (χ0) is 16.0. The first-order chi connectivity index (χ1) is 10.4. The van der Waals surface area contributed by atoms with Crippen LogP contribution in [-0.4, -0.2) is 21.8 Å². The van der Waals surface area contributed by atoms with Crippen molar-refractivity contribution in [1.82, 2.24) is 4.90 Å². The third-order valence-corrected chi connectivity index (χ3v) is 4.02. The summed E-state index contributed by atoms with van der Waals surface area (Å²) in [6.45, 7) is 1.35. The molecule has 0 bridgehead atoms. The SMILES string of the molecule is Cc1c(O)ccc2c1C(=O)N(Cc1cccc(Cl)c1F)C2=O. The van der Waals surface area contributed by atoms with E-state index in [-0.39, 0.29) is 34.0 Å². The van der Waals surface area contributed by atoms with Gasteiger partial charge >= 0.3 is 0 Å². The number of rotatable bonds is 2. The molecule has 1 aliphatic heterocycles. The molecule has 1 aliphatic rings. The second-order valence-electron chi connectivity index (χ2n) is 5.04. The van der Waals surface area contributed by atoms with Crippen LogP contribution < -0.4 is 0 Å². The summed E-state index contributed by atoms with van der Waals surface area (Å²) in [4.78, 5) is 25.7. The van der Waals surface area contributed by atoms with Gasteiger partial charge in [-0.05, 0) is 25.1 Å². The van der Waals surface area contributed by atoms with E-state index in [1.54, 1.807) is 13.0 Å². The Morgan fingerprint density at radius 1 is 1.18 bits per heavy atom. The lowest BCUT2D eigenvalue weighted by atomic mass is 10.0. The fraction of sp³-hybridized carbons (Fsp3) is 0.125. The number of benzene rings is 2. The van der Waals surface area contributed by atoms with Crippen LogP contribution in [0.5, 0.6) is 5.75 Å². The molecule has 0 aromatic heterocycles. The lowest BCUT2D eigenvalue weighted by molar-refractivity contribution is 0.0640. The van der Waals surface area contributed by atoms with Crippen molar-refractivity contribution in [3.63, 3.8) is 0 Å². The Bertz CT molecular complexity index is 819. The molecule has 0 saturated heterocycles. The molecule has 22 heavy (non-hydrogen) atoms. The Balaban J connectivity index is 2.01. The number of aromatic hydroxyl groups is 1. The minimum Gasteiger partial charge on any atom is -0.508 e. The third kappa shape index (κ3) is 2.05. The monoisotopic (exact) mass is 319 g/mol. The molecule has 0 spiro atoms. The van der Waals surface area contributed by atoms with Gasteiger partial charge in [0.2, 0.25) is 0 Å². The summed E-state index contributed by atoms with van der Waals surface area (Å²) in [6.07, 6.45) is 0. The number of imide groups is 1. The number of carbonyl (C=O) groups excluding carboxylic acids is 2. The summed E-state index contributed by atoms with van der Waals surface area (Å²) in [7, 11) is 0. The zero-order valence-corrected chi connectivity index (χ0v) is 12.3. The van der Waals surface area contributed by atoms with Crippen LogP contribution in [0.25, 0.3) is 0 Å². The van der Waals surface area contributed by atoms with E-state index in [0.29, 0.717) is 5.56 Å². The van der Waals surface area contributed by atoms with Crippen LogP contribution in [0.1, 0.15) is 31.8 Å². The maximum Gasteiger partial charge on any atom is 0.262 e. The van der Waals surface area contributed by atoms with E-state index in [1.807, 2.05) is 0 Å². The number of phenols is 1. The molecular formula is C16H11ClFNO3. The van der Waals surface area contributed by atoms with Crippen LogP contribution >= 0.6 is 11.6 Å². The van der Waals surface area contributed by atoms with Crippen molar-refractivity contribution in [3.05, 3.63) is 63.4 Å². The Kier molecular flexibility index (Phi) is 3.37. The molecule has 0 aliphatic carbocycles. The molecule has 0 fully saturated rings. The molecule has 2 aromatic carbocycles. The normalized spacial score (nSPS) is 13.7. The topological polar surface area (TPSA) is 57.6 Å². The lowest BCUT2D eigenvalue weighted by Gasteiger charge is -2.14. The highest BCUT2D eigenvalue weighted by Crippen LogP contribution is 2.32. The van der Waals surface area contributed by atoms with Crippen LogP contribution in [-0.2, 0) is 6.54 Å². The lowest BCUT2D eigenvalue weighted by Crippen LogP contribution is -2.29. The molecule has 0 saturated carbocycles. The minimum absolute atomic E-state index is 0.0595. The minimum atomic E-state index is -0.653. The van der Waals surface area contributed by atoms with E-state index in [9.17, 15) is 19.1 Å². The van der Waals surface area contributed by atoms with Gasteiger partial charge in [-0.15, -0.1) is 0 Å². The maximum absolute atomic E-state index is 14.0. The quantitative estimate of drug-likeness (QED) is 0.864. The van der Waals surface area contributed by atoms with Gasteiger partial charge in [0.25, 0.3) is 11.8 Å². The Morgan fingerprint density at radius 2 is 1.91 bits per heavy atom. The summed E-state index contributed by atoms with van der Waals surface area (Å²) >= 11 is 5.71. The first-order valence-corrected chi connectivity index (χ1v) is 6.91. The summed E-state index contributed by atoms with van der Waals surface area (Å²) in [6, 6.07) is 7.17. The second kappa shape index (κ2) is 5.10. The molecule has 0 radical (unpaired) electrons. The van der Waals surface area contributed by atoms with Gasteiger partial charge in [0.15, 0.2) is 0 Å². The average Bonchev–Trinajstić information content (AvgIpc) is 2.72. The van der Waals surface area contributed by atoms with Crippen LogP contribution in [0, 0.1) is 12.7 Å². The molecule has 0 unspecified atom stereocenters. The molecule has 6 heteroatoms. The van der Waals surface area contributed by atoms with Crippen LogP contribution in [0.2, 0.25) is 5.02 Å². The summed E-state index contributed by atoms with van der Waals surface area (Å²) in [5.74, 6) is -1.77. The highest BCUT2D eigenvalue weighted by atomic mass is 35.5. The number of amides is 2. The fourth-order valence-corrected chi connectivity index (χ4v) is 2.71. The molecular weight excluding hydrogens is 309 g/mol. The Morgan fingerprint density at radius 3 is 2.64 bits per heavy atom. The summed E-state index contributed by atoms with van der Waals surface area (Å²) in [5, 5.41) is 9.62. The van der Waals surface area contributed by atoms with Gasteiger partial charge in [-0.1, -0.05) is 23.7 Å². The average molecular weight is 320 g/mol.